The Morgan fingerprint density at radius 1 is 1.13 bits per heavy atom. The average molecular weight is 412 g/mol. The van der Waals surface area contributed by atoms with Crippen molar-refractivity contribution >= 4 is 17.6 Å². The highest BCUT2D eigenvalue weighted by molar-refractivity contribution is 5.89. The van der Waals surface area contributed by atoms with Gasteiger partial charge in [-0.25, -0.2) is 9.48 Å². The van der Waals surface area contributed by atoms with E-state index in [0.29, 0.717) is 38.2 Å². The third-order valence-electron chi connectivity index (χ3n) is 5.50. The maximum Gasteiger partial charge on any atom is 0.321 e. The van der Waals surface area contributed by atoms with Gasteiger partial charge in [0.05, 0.1) is 6.54 Å². The van der Waals surface area contributed by atoms with Crippen LogP contribution in [0.25, 0.3) is 0 Å². The zero-order chi connectivity index (χ0) is 21.5. The van der Waals surface area contributed by atoms with E-state index < -0.39 is 0 Å². The molecular formula is C22H29N5O3. The van der Waals surface area contributed by atoms with Crippen LogP contribution in [0.1, 0.15) is 32.3 Å². The number of piperidine rings is 1. The van der Waals surface area contributed by atoms with Gasteiger partial charge in [-0.15, -0.1) is 0 Å². The molecule has 1 aliphatic rings. The number of likely N-dealkylation sites (tertiary alicyclic amines) is 1. The van der Waals surface area contributed by atoms with Crippen LogP contribution in [-0.4, -0.2) is 57.7 Å². The predicted octanol–water partition coefficient (Wildman–Crippen LogP) is 2.40. The summed E-state index contributed by atoms with van der Waals surface area (Å²) in [6.07, 6.45) is 2.94. The number of rotatable bonds is 6. The molecule has 3 amide bonds. The van der Waals surface area contributed by atoms with Crippen LogP contribution >= 0.6 is 0 Å². The Labute approximate surface area is 176 Å². The zero-order valence-corrected chi connectivity index (χ0v) is 17.6. The molecule has 1 aromatic heterocycles. The molecule has 0 unspecified atom stereocenters. The lowest BCUT2D eigenvalue weighted by molar-refractivity contribution is -0.136. The summed E-state index contributed by atoms with van der Waals surface area (Å²) in [6.45, 7) is 6.87. The molecule has 1 saturated heterocycles. The van der Waals surface area contributed by atoms with Crippen molar-refractivity contribution in [2.75, 3.05) is 31.5 Å². The van der Waals surface area contributed by atoms with Crippen LogP contribution in [0, 0.1) is 5.92 Å². The van der Waals surface area contributed by atoms with Gasteiger partial charge in [0.2, 0.25) is 5.91 Å². The van der Waals surface area contributed by atoms with Crippen LogP contribution in [0.5, 0.6) is 0 Å². The standard InChI is InChI=1S/C22H29N5O3/c1-3-25(4-2)21(29)18-10-13-26(14-11-18)22(30)24-19-8-5-7-17(15-19)16-27-20(28)9-6-12-23-27/h5-9,12,15,18H,3-4,10-11,13-14,16H2,1-2H3,(H,24,30). The summed E-state index contributed by atoms with van der Waals surface area (Å²) in [6, 6.07) is 10.3. The van der Waals surface area contributed by atoms with Crippen LogP contribution in [-0.2, 0) is 11.3 Å². The van der Waals surface area contributed by atoms with E-state index >= 15 is 0 Å². The average Bonchev–Trinajstić information content (AvgIpc) is 2.76. The van der Waals surface area contributed by atoms with E-state index in [-0.39, 0.29) is 23.4 Å². The highest BCUT2D eigenvalue weighted by atomic mass is 16.2. The van der Waals surface area contributed by atoms with Crippen LogP contribution in [0.15, 0.2) is 47.4 Å². The third-order valence-corrected chi connectivity index (χ3v) is 5.50. The number of hydrogen-bond acceptors (Lipinski definition) is 4. The second-order valence-corrected chi connectivity index (χ2v) is 7.42. The van der Waals surface area contributed by atoms with Crippen molar-refractivity contribution in [3.63, 3.8) is 0 Å². The first-order valence-electron chi connectivity index (χ1n) is 10.5. The van der Waals surface area contributed by atoms with Gasteiger partial charge in [-0.3, -0.25) is 9.59 Å². The number of carbonyl (C=O) groups excluding carboxylic acids is 2. The normalized spacial score (nSPS) is 14.4. The van der Waals surface area contributed by atoms with E-state index in [1.807, 2.05) is 43.0 Å². The minimum atomic E-state index is -0.172. The topological polar surface area (TPSA) is 87.5 Å². The Morgan fingerprint density at radius 3 is 2.53 bits per heavy atom. The predicted molar refractivity (Wildman–Crippen MR) is 115 cm³/mol. The molecule has 0 saturated carbocycles. The molecule has 0 aliphatic carbocycles. The van der Waals surface area contributed by atoms with Crippen molar-refractivity contribution in [1.29, 1.82) is 0 Å². The zero-order valence-electron chi connectivity index (χ0n) is 17.6. The second-order valence-electron chi connectivity index (χ2n) is 7.42. The molecule has 8 heteroatoms. The van der Waals surface area contributed by atoms with Gasteiger partial charge < -0.3 is 15.1 Å². The van der Waals surface area contributed by atoms with Crippen molar-refractivity contribution in [2.45, 2.75) is 33.2 Å². The summed E-state index contributed by atoms with van der Waals surface area (Å²) < 4.78 is 1.37. The number of nitrogens with zero attached hydrogens (tertiary/aromatic N) is 4. The molecule has 160 valence electrons. The summed E-state index contributed by atoms with van der Waals surface area (Å²) in [5, 5.41) is 6.99. The molecule has 8 nitrogen and oxygen atoms in total. The summed E-state index contributed by atoms with van der Waals surface area (Å²) in [4.78, 5) is 40.6. The third kappa shape index (κ3) is 5.25. The van der Waals surface area contributed by atoms with Crippen LogP contribution in [0.2, 0.25) is 0 Å². The van der Waals surface area contributed by atoms with Gasteiger partial charge in [-0.1, -0.05) is 12.1 Å². The summed E-state index contributed by atoms with van der Waals surface area (Å²) in [5.41, 5.74) is 1.37. The number of urea groups is 1. The van der Waals surface area contributed by atoms with Gasteiger partial charge in [-0.05, 0) is 50.5 Å². The molecule has 30 heavy (non-hydrogen) atoms. The number of anilines is 1. The fourth-order valence-corrected chi connectivity index (χ4v) is 3.75. The van der Waals surface area contributed by atoms with Crippen molar-refractivity contribution in [2.24, 2.45) is 5.92 Å². The summed E-state index contributed by atoms with van der Waals surface area (Å²) in [5.74, 6) is 0.187. The van der Waals surface area contributed by atoms with Gasteiger partial charge in [0, 0.05) is 50.0 Å². The monoisotopic (exact) mass is 411 g/mol. The van der Waals surface area contributed by atoms with Crippen molar-refractivity contribution in [3.05, 3.63) is 58.5 Å². The van der Waals surface area contributed by atoms with Crippen molar-refractivity contribution < 1.29 is 9.59 Å². The van der Waals surface area contributed by atoms with Crippen molar-refractivity contribution in [3.8, 4) is 0 Å². The van der Waals surface area contributed by atoms with E-state index in [0.717, 1.165) is 18.7 Å². The van der Waals surface area contributed by atoms with Gasteiger partial charge in [-0.2, -0.15) is 5.10 Å². The highest BCUT2D eigenvalue weighted by Gasteiger charge is 2.29. The summed E-state index contributed by atoms with van der Waals surface area (Å²) in [7, 11) is 0. The molecule has 0 spiro atoms. The first-order chi connectivity index (χ1) is 14.5. The van der Waals surface area contributed by atoms with Gasteiger partial charge >= 0.3 is 6.03 Å². The number of nitrogens with one attached hydrogen (secondary N) is 1. The Morgan fingerprint density at radius 2 is 1.87 bits per heavy atom. The van der Waals surface area contributed by atoms with Crippen LogP contribution in [0.3, 0.4) is 0 Å². The number of benzene rings is 1. The van der Waals surface area contributed by atoms with E-state index in [4.69, 9.17) is 0 Å². The minimum absolute atomic E-state index is 0.00559. The minimum Gasteiger partial charge on any atom is -0.343 e. The SMILES string of the molecule is CCN(CC)C(=O)C1CCN(C(=O)Nc2cccc(Cn3ncccc3=O)c2)CC1. The lowest BCUT2D eigenvalue weighted by atomic mass is 9.95. The van der Waals surface area contributed by atoms with Gasteiger partial charge in [0.1, 0.15) is 0 Å². The van der Waals surface area contributed by atoms with Crippen LogP contribution < -0.4 is 10.9 Å². The summed E-state index contributed by atoms with van der Waals surface area (Å²) >= 11 is 0. The van der Waals surface area contributed by atoms with E-state index in [9.17, 15) is 14.4 Å². The van der Waals surface area contributed by atoms with Crippen LogP contribution in [0.4, 0.5) is 10.5 Å². The number of amides is 3. The Bertz CT molecular complexity index is 930. The quantitative estimate of drug-likeness (QED) is 0.791. The van der Waals surface area contributed by atoms with E-state index in [1.165, 1.54) is 10.7 Å². The molecule has 1 aliphatic heterocycles. The molecule has 1 aromatic carbocycles. The molecule has 0 atom stereocenters. The lowest BCUT2D eigenvalue weighted by Gasteiger charge is -2.33. The molecule has 1 N–H and O–H groups in total. The number of carbonyl (C=O) groups is 2. The number of hydrogen-bond donors (Lipinski definition) is 1. The molecule has 2 heterocycles. The lowest BCUT2D eigenvalue weighted by Crippen LogP contribution is -2.45. The second kappa shape index (κ2) is 10.0. The molecule has 3 rings (SSSR count). The van der Waals surface area contributed by atoms with Gasteiger partial charge in [0.15, 0.2) is 0 Å². The molecule has 0 radical (unpaired) electrons. The number of aromatic nitrogens is 2. The first-order valence-corrected chi connectivity index (χ1v) is 10.5. The fraction of sp³-hybridized carbons (Fsp3) is 0.455. The molecule has 1 fully saturated rings. The van der Waals surface area contributed by atoms with Gasteiger partial charge in [0.25, 0.3) is 5.56 Å². The highest BCUT2D eigenvalue weighted by Crippen LogP contribution is 2.21. The van der Waals surface area contributed by atoms with E-state index in [1.54, 1.807) is 17.2 Å². The molecular weight excluding hydrogens is 382 g/mol. The fourth-order valence-electron chi connectivity index (χ4n) is 3.75. The van der Waals surface area contributed by atoms with E-state index in [2.05, 4.69) is 10.4 Å². The largest absolute Gasteiger partial charge is 0.343 e. The maximum atomic E-state index is 12.7. The Kier molecular flexibility index (Phi) is 7.21. The Hall–Kier alpha value is -3.16. The maximum absolute atomic E-state index is 12.7. The molecule has 0 bridgehead atoms. The first kappa shape index (κ1) is 21.5. The molecule has 2 aromatic rings. The smallest absolute Gasteiger partial charge is 0.321 e. The Balaban J connectivity index is 1.56. The van der Waals surface area contributed by atoms with Crippen molar-refractivity contribution in [1.82, 2.24) is 19.6 Å².